The van der Waals surface area contributed by atoms with Crippen molar-refractivity contribution in [3.05, 3.63) is 65.7 Å². The van der Waals surface area contributed by atoms with Crippen molar-refractivity contribution in [3.8, 4) is 5.75 Å². The zero-order valence-electron chi connectivity index (χ0n) is 24.7. The number of carbonyl (C=O) groups excluding carboxylic acids is 3. The summed E-state index contributed by atoms with van der Waals surface area (Å²) >= 11 is 0. The number of benzene rings is 2. The van der Waals surface area contributed by atoms with Crippen LogP contribution in [0, 0.1) is 5.92 Å². The Morgan fingerprint density at radius 1 is 1.00 bits per heavy atom. The van der Waals surface area contributed by atoms with E-state index in [4.69, 9.17) is 4.74 Å². The topological polar surface area (TPSA) is 105 Å². The minimum atomic E-state index is -2.85. The summed E-state index contributed by atoms with van der Waals surface area (Å²) in [6.07, 6.45) is -0.00103. The Bertz CT molecular complexity index is 1350. The largest absolute Gasteiger partial charge is 0.530 e. The summed E-state index contributed by atoms with van der Waals surface area (Å²) in [5.74, 6) is -3.61. The molecule has 3 heterocycles. The molecule has 2 aromatic rings. The monoisotopic (exact) mass is 609 g/mol. The fraction of sp³-hybridized carbons (Fsp3) is 0.545. The highest BCUT2D eigenvalue weighted by Gasteiger charge is 2.48. The van der Waals surface area contributed by atoms with Crippen molar-refractivity contribution < 1.29 is 33.0 Å². The van der Waals surface area contributed by atoms with Gasteiger partial charge in [0.25, 0.3) is 0 Å². The minimum absolute atomic E-state index is 0.00108. The molecule has 2 saturated heterocycles. The van der Waals surface area contributed by atoms with E-state index in [1.165, 1.54) is 4.90 Å². The van der Waals surface area contributed by atoms with Crippen molar-refractivity contribution in [3.63, 3.8) is 0 Å². The Morgan fingerprint density at radius 3 is 2.48 bits per heavy atom. The van der Waals surface area contributed by atoms with E-state index >= 15 is 0 Å². The molecule has 3 aliphatic heterocycles. The second kappa shape index (κ2) is 12.7. The SMILES string of the molecule is O=C(N[C@@H]1CCOc2ccccc21)[C@@H]1CN2CCC[C@@H]2CN1C(=O)[C@H](C1CCC(F)(F)CC1)N(Cc1ccccc1)C(=O)[O-]. The summed E-state index contributed by atoms with van der Waals surface area (Å²) in [7, 11) is 0. The van der Waals surface area contributed by atoms with Gasteiger partial charge < -0.3 is 29.8 Å². The molecule has 6 rings (SSSR count). The first-order chi connectivity index (χ1) is 21.2. The van der Waals surface area contributed by atoms with Gasteiger partial charge in [-0.15, -0.1) is 0 Å². The molecule has 4 aliphatic rings. The predicted octanol–water partition coefficient (Wildman–Crippen LogP) is 3.34. The molecule has 236 valence electrons. The average Bonchev–Trinajstić information content (AvgIpc) is 3.49. The summed E-state index contributed by atoms with van der Waals surface area (Å²) in [6.45, 7) is 1.74. The Morgan fingerprint density at radius 2 is 1.73 bits per heavy atom. The van der Waals surface area contributed by atoms with E-state index in [1.807, 2.05) is 24.3 Å². The number of para-hydroxylation sites is 1. The van der Waals surface area contributed by atoms with Gasteiger partial charge in [-0.25, -0.2) is 8.78 Å². The van der Waals surface area contributed by atoms with E-state index < -0.39 is 48.8 Å². The molecule has 3 fully saturated rings. The molecule has 1 saturated carbocycles. The van der Waals surface area contributed by atoms with Crippen molar-refractivity contribution in [1.82, 2.24) is 20.0 Å². The number of piperazine rings is 1. The van der Waals surface area contributed by atoms with Crippen LogP contribution in [0.15, 0.2) is 54.6 Å². The lowest BCUT2D eigenvalue weighted by Gasteiger charge is -2.48. The molecule has 0 bridgehead atoms. The third-order valence-electron chi connectivity index (χ3n) is 9.78. The number of rotatable bonds is 7. The lowest BCUT2D eigenvalue weighted by Crippen LogP contribution is -2.67. The van der Waals surface area contributed by atoms with Crippen LogP contribution in [0.4, 0.5) is 13.6 Å². The molecular formula is C33H39F2N4O5-. The highest BCUT2D eigenvalue weighted by Crippen LogP contribution is 2.40. The maximum atomic E-state index is 14.7. The van der Waals surface area contributed by atoms with Crippen LogP contribution in [-0.2, 0) is 16.1 Å². The normalized spacial score (nSPS) is 25.7. The second-order valence-corrected chi connectivity index (χ2v) is 12.6. The van der Waals surface area contributed by atoms with Gasteiger partial charge in [-0.1, -0.05) is 48.5 Å². The number of halogens is 2. The number of hydrogen-bond donors (Lipinski definition) is 1. The van der Waals surface area contributed by atoms with E-state index in [0.29, 0.717) is 30.9 Å². The van der Waals surface area contributed by atoms with Crippen molar-refractivity contribution in [1.29, 1.82) is 0 Å². The molecular weight excluding hydrogens is 570 g/mol. The summed E-state index contributed by atoms with van der Waals surface area (Å²) < 4.78 is 34.2. The highest BCUT2D eigenvalue weighted by molar-refractivity contribution is 5.92. The van der Waals surface area contributed by atoms with Gasteiger partial charge in [-0.3, -0.25) is 14.5 Å². The number of nitrogens with one attached hydrogen (secondary N) is 1. The minimum Gasteiger partial charge on any atom is -0.530 e. The van der Waals surface area contributed by atoms with E-state index in [1.54, 1.807) is 30.3 Å². The number of nitrogens with zero attached hydrogens (tertiary/aromatic N) is 3. The van der Waals surface area contributed by atoms with Gasteiger partial charge in [0, 0.05) is 50.5 Å². The van der Waals surface area contributed by atoms with Gasteiger partial charge in [0.05, 0.1) is 12.6 Å². The number of ether oxygens (including phenoxy) is 1. The van der Waals surface area contributed by atoms with Gasteiger partial charge in [-0.2, -0.15) is 0 Å². The number of carboxylic acid groups (broad SMARTS) is 1. The van der Waals surface area contributed by atoms with Gasteiger partial charge in [0.15, 0.2) is 0 Å². The van der Waals surface area contributed by atoms with Crippen molar-refractivity contribution in [2.45, 2.75) is 81.6 Å². The Balaban J connectivity index is 1.31. The lowest BCUT2D eigenvalue weighted by molar-refractivity contribution is -0.270. The summed E-state index contributed by atoms with van der Waals surface area (Å²) in [5, 5.41) is 15.8. The number of carbonyl (C=O) groups is 3. The van der Waals surface area contributed by atoms with Crippen molar-refractivity contribution in [2.75, 3.05) is 26.2 Å². The molecule has 11 heteroatoms. The Kier molecular flexibility index (Phi) is 8.75. The van der Waals surface area contributed by atoms with Gasteiger partial charge >= 0.3 is 0 Å². The molecule has 3 amide bonds. The lowest BCUT2D eigenvalue weighted by atomic mass is 9.80. The van der Waals surface area contributed by atoms with Crippen LogP contribution < -0.4 is 15.2 Å². The quantitative estimate of drug-likeness (QED) is 0.517. The van der Waals surface area contributed by atoms with Crippen LogP contribution in [0.25, 0.3) is 0 Å². The van der Waals surface area contributed by atoms with Crippen LogP contribution in [0.3, 0.4) is 0 Å². The first kappa shape index (κ1) is 30.3. The molecule has 1 N–H and O–H groups in total. The summed E-state index contributed by atoms with van der Waals surface area (Å²) in [6, 6.07) is 14.0. The van der Waals surface area contributed by atoms with E-state index in [2.05, 4.69) is 10.2 Å². The van der Waals surface area contributed by atoms with Crippen LogP contribution >= 0.6 is 0 Å². The van der Waals surface area contributed by atoms with Gasteiger partial charge in [-0.05, 0) is 49.8 Å². The van der Waals surface area contributed by atoms with Crippen LogP contribution in [0.2, 0.25) is 0 Å². The molecule has 0 radical (unpaired) electrons. The van der Waals surface area contributed by atoms with Gasteiger partial charge in [0.2, 0.25) is 17.7 Å². The molecule has 44 heavy (non-hydrogen) atoms. The van der Waals surface area contributed by atoms with Crippen LogP contribution in [-0.4, -0.2) is 82.9 Å². The first-order valence-electron chi connectivity index (χ1n) is 15.7. The standard InChI is InChI=1S/C33H40F2N4O5/c34-33(35)15-12-23(13-16-33)29(39(32(42)43)19-22-7-2-1-3-8-22)31(41)38-20-24-9-6-17-37(24)21-27(38)30(40)36-26-14-18-44-28-11-5-4-10-25(26)28/h1-5,7-8,10-11,23-24,26-27,29H,6,9,12-21H2,(H,36,40)(H,42,43)/p-1/t24-,26-,27+,29+/m1/s1. The van der Waals surface area contributed by atoms with Crippen molar-refractivity contribution >= 4 is 17.9 Å². The van der Waals surface area contributed by atoms with Gasteiger partial charge in [0.1, 0.15) is 23.9 Å². The van der Waals surface area contributed by atoms with E-state index in [9.17, 15) is 28.3 Å². The number of fused-ring (bicyclic) bond motifs is 2. The Labute approximate surface area is 256 Å². The fourth-order valence-electron chi connectivity index (χ4n) is 7.44. The van der Waals surface area contributed by atoms with E-state index in [-0.39, 0.29) is 43.9 Å². The van der Waals surface area contributed by atoms with E-state index in [0.717, 1.165) is 29.8 Å². The first-order valence-corrected chi connectivity index (χ1v) is 15.7. The van der Waals surface area contributed by atoms with Crippen LogP contribution in [0.5, 0.6) is 5.75 Å². The number of amides is 3. The fourth-order valence-corrected chi connectivity index (χ4v) is 7.44. The third-order valence-corrected chi connectivity index (χ3v) is 9.78. The Hall–Kier alpha value is -3.73. The molecule has 0 unspecified atom stereocenters. The summed E-state index contributed by atoms with van der Waals surface area (Å²) in [4.78, 5) is 46.2. The smallest absolute Gasteiger partial charge is 0.248 e. The molecule has 1 aliphatic carbocycles. The highest BCUT2D eigenvalue weighted by atomic mass is 19.3. The predicted molar refractivity (Wildman–Crippen MR) is 156 cm³/mol. The maximum absolute atomic E-state index is 14.7. The number of alkyl halides is 2. The zero-order valence-corrected chi connectivity index (χ0v) is 24.7. The zero-order chi connectivity index (χ0) is 30.8. The van der Waals surface area contributed by atoms with Crippen molar-refractivity contribution in [2.24, 2.45) is 5.92 Å². The number of hydrogen-bond acceptors (Lipinski definition) is 6. The average molecular weight is 610 g/mol. The van der Waals surface area contributed by atoms with Crippen LogP contribution in [0.1, 0.15) is 62.1 Å². The third kappa shape index (κ3) is 6.38. The molecule has 2 aromatic carbocycles. The second-order valence-electron chi connectivity index (χ2n) is 12.6. The molecule has 9 nitrogen and oxygen atoms in total. The molecule has 0 aromatic heterocycles. The molecule has 4 atom stereocenters. The molecule has 0 spiro atoms. The maximum Gasteiger partial charge on any atom is 0.248 e. The summed E-state index contributed by atoms with van der Waals surface area (Å²) in [5.41, 5.74) is 1.52.